The molecule has 1 aliphatic heterocycles. The summed E-state index contributed by atoms with van der Waals surface area (Å²) >= 11 is 0. The summed E-state index contributed by atoms with van der Waals surface area (Å²) in [6, 6.07) is -0.0189. The van der Waals surface area contributed by atoms with Crippen molar-refractivity contribution in [3.8, 4) is 0 Å². The highest BCUT2D eigenvalue weighted by molar-refractivity contribution is 5.98. The molecule has 1 saturated heterocycles. The van der Waals surface area contributed by atoms with Crippen molar-refractivity contribution in [1.29, 1.82) is 0 Å². The Bertz CT molecular complexity index is 979. The zero-order valence-electron chi connectivity index (χ0n) is 26.6. The molecule has 1 aromatic rings. The van der Waals surface area contributed by atoms with Gasteiger partial charge in [-0.05, 0) is 52.2 Å². The molecular formula is C30H54F3N7O. The maximum atomic E-state index is 11.5. The third-order valence-electron chi connectivity index (χ3n) is 7.57. The van der Waals surface area contributed by atoms with E-state index in [4.69, 9.17) is 15.8 Å². The van der Waals surface area contributed by atoms with Gasteiger partial charge in [-0.1, -0.05) is 47.0 Å². The summed E-state index contributed by atoms with van der Waals surface area (Å²) in [5.74, 6) is 1.31. The van der Waals surface area contributed by atoms with Crippen LogP contribution in [0.4, 0.5) is 13.2 Å². The van der Waals surface area contributed by atoms with Crippen LogP contribution in [0.2, 0.25) is 0 Å². The van der Waals surface area contributed by atoms with E-state index in [9.17, 15) is 18.0 Å². The van der Waals surface area contributed by atoms with Crippen LogP contribution in [0.5, 0.6) is 0 Å². The predicted molar refractivity (Wildman–Crippen MR) is 162 cm³/mol. The van der Waals surface area contributed by atoms with E-state index in [2.05, 4.69) is 56.8 Å². The van der Waals surface area contributed by atoms with Gasteiger partial charge in [0.05, 0.1) is 29.7 Å². The zero-order valence-corrected chi connectivity index (χ0v) is 26.6. The maximum absolute atomic E-state index is 11.5. The Labute approximate surface area is 245 Å². The Morgan fingerprint density at radius 1 is 1.12 bits per heavy atom. The molecule has 2 atom stereocenters. The number of nitrogens with two attached hydrogens (primary N) is 1. The summed E-state index contributed by atoms with van der Waals surface area (Å²) in [5, 5.41) is 7.08. The van der Waals surface area contributed by atoms with Gasteiger partial charge in [0, 0.05) is 45.2 Å². The highest BCUT2D eigenvalue weighted by Crippen LogP contribution is 2.21. The molecule has 0 saturated carbocycles. The molecule has 2 heterocycles. The number of imidazole rings is 1. The molecule has 1 aliphatic rings. The monoisotopic (exact) mass is 585 g/mol. The minimum Gasteiger partial charge on any atom is -0.367 e. The number of piperazine rings is 1. The number of likely N-dealkylation sites (N-methyl/N-ethyl adjacent to an activating group) is 1. The van der Waals surface area contributed by atoms with Crippen LogP contribution in [-0.4, -0.2) is 77.0 Å². The van der Waals surface area contributed by atoms with Gasteiger partial charge in [0.2, 0.25) is 5.91 Å². The van der Waals surface area contributed by atoms with Crippen LogP contribution in [0.3, 0.4) is 0 Å². The number of nitrogens with zero attached hydrogens (tertiary/aromatic N) is 5. The van der Waals surface area contributed by atoms with E-state index in [1.807, 2.05) is 17.8 Å². The highest BCUT2D eigenvalue weighted by Gasteiger charge is 2.26. The molecule has 0 aliphatic carbocycles. The second kappa shape index (κ2) is 18.2. The van der Waals surface area contributed by atoms with Crippen molar-refractivity contribution in [1.82, 2.24) is 24.8 Å². The van der Waals surface area contributed by atoms with Crippen LogP contribution in [0.1, 0.15) is 104 Å². The number of aromatic nitrogens is 2. The lowest BCUT2D eigenvalue weighted by Gasteiger charge is -2.36. The third kappa shape index (κ3) is 13.9. The normalized spacial score (nSPS) is 17.0. The maximum Gasteiger partial charge on any atom is 0.390 e. The van der Waals surface area contributed by atoms with Gasteiger partial charge in [-0.2, -0.15) is 18.3 Å². The molecule has 1 fully saturated rings. The summed E-state index contributed by atoms with van der Waals surface area (Å²) in [6.07, 6.45) is 2.73. The molecule has 236 valence electrons. The molecule has 3 N–H and O–H groups in total. The Morgan fingerprint density at radius 2 is 1.76 bits per heavy atom. The van der Waals surface area contributed by atoms with E-state index in [1.165, 1.54) is 24.1 Å². The number of amides is 1. The fraction of sp³-hybridized carbons (Fsp3) is 0.767. The number of alkyl halides is 3. The number of aryl methyl sites for hydroxylation is 1. The number of allylic oxidation sites excluding steroid dienone is 2. The molecule has 2 rings (SSSR count). The minimum absolute atomic E-state index is 0.0189. The quantitative estimate of drug-likeness (QED) is 0.276. The SMILES string of the molecule is CCC(=O)NCCC(F)(F)F.CCC(C)=C(/C(C)=N\n1cc(C(N)CCCC(C)CC)nc1C)N1CCN(C)CC1. The lowest BCUT2D eigenvalue weighted by molar-refractivity contribution is -0.135. The van der Waals surface area contributed by atoms with E-state index >= 15 is 0 Å². The molecule has 0 aromatic carbocycles. The van der Waals surface area contributed by atoms with Gasteiger partial charge in [-0.25, -0.2) is 9.66 Å². The van der Waals surface area contributed by atoms with Crippen LogP contribution in [0.15, 0.2) is 22.6 Å². The molecule has 0 bridgehead atoms. The van der Waals surface area contributed by atoms with Gasteiger partial charge in [-0.15, -0.1) is 0 Å². The first-order chi connectivity index (χ1) is 19.2. The minimum atomic E-state index is -4.18. The van der Waals surface area contributed by atoms with Crippen LogP contribution in [0, 0.1) is 12.8 Å². The number of halogens is 3. The zero-order chi connectivity index (χ0) is 31.2. The first-order valence-corrected chi connectivity index (χ1v) is 15.1. The highest BCUT2D eigenvalue weighted by atomic mass is 19.4. The standard InChI is InChI=1S/C24H44N6.C6H10F3NO/c1-8-18(3)11-10-12-22(25)23-17-30(21(6)26-23)27-20(5)24(19(4)9-2)29-15-13-28(7)14-16-29;1-2-5(11)10-4-3-6(7,8)9/h17-18,22H,8-16,25H2,1-7H3;2-4H2,1H3,(H,10,11)/b24-19?,27-20-;. The largest absolute Gasteiger partial charge is 0.390 e. The van der Waals surface area contributed by atoms with Crippen LogP contribution in [0.25, 0.3) is 0 Å². The lowest BCUT2D eigenvalue weighted by Crippen LogP contribution is -2.45. The molecule has 2 unspecified atom stereocenters. The fourth-order valence-corrected chi connectivity index (χ4v) is 4.49. The summed E-state index contributed by atoms with van der Waals surface area (Å²) in [7, 11) is 2.19. The van der Waals surface area contributed by atoms with Crippen LogP contribution < -0.4 is 11.1 Å². The summed E-state index contributed by atoms with van der Waals surface area (Å²) in [5.41, 5.74) is 11.1. The first kappa shape index (κ1) is 36.6. The second-order valence-electron chi connectivity index (χ2n) is 11.1. The fourth-order valence-electron chi connectivity index (χ4n) is 4.49. The molecule has 41 heavy (non-hydrogen) atoms. The number of carbonyl (C=O) groups excluding carboxylic acids is 1. The van der Waals surface area contributed by atoms with E-state index in [1.54, 1.807) is 6.92 Å². The van der Waals surface area contributed by atoms with Gasteiger partial charge in [0.15, 0.2) is 0 Å². The lowest BCUT2D eigenvalue weighted by atomic mass is 9.99. The van der Waals surface area contributed by atoms with Crippen molar-refractivity contribution in [3.63, 3.8) is 0 Å². The number of hydrogen-bond donors (Lipinski definition) is 2. The number of nitrogens with one attached hydrogen (secondary N) is 1. The van der Waals surface area contributed by atoms with Crippen LogP contribution in [-0.2, 0) is 4.79 Å². The molecule has 0 spiro atoms. The van der Waals surface area contributed by atoms with Crippen molar-refractivity contribution in [3.05, 3.63) is 29.0 Å². The number of rotatable bonds is 13. The number of carbonyl (C=O) groups is 1. The Morgan fingerprint density at radius 3 is 2.29 bits per heavy atom. The molecule has 0 radical (unpaired) electrons. The average molecular weight is 586 g/mol. The van der Waals surface area contributed by atoms with Gasteiger partial charge in [0.1, 0.15) is 5.82 Å². The predicted octanol–water partition coefficient (Wildman–Crippen LogP) is 6.03. The topological polar surface area (TPSA) is 91.8 Å². The van der Waals surface area contributed by atoms with Crippen molar-refractivity contribution >= 4 is 11.6 Å². The molecule has 1 aromatic heterocycles. The summed E-state index contributed by atoms with van der Waals surface area (Å²) in [6.45, 7) is 18.7. The first-order valence-electron chi connectivity index (χ1n) is 15.1. The molecule has 11 heteroatoms. The Kier molecular flexibility index (Phi) is 16.3. The van der Waals surface area contributed by atoms with E-state index < -0.39 is 12.6 Å². The second-order valence-corrected chi connectivity index (χ2v) is 11.1. The third-order valence-corrected chi connectivity index (χ3v) is 7.57. The van der Waals surface area contributed by atoms with Crippen molar-refractivity contribution in [2.75, 3.05) is 39.8 Å². The van der Waals surface area contributed by atoms with E-state index in [0.717, 1.165) is 68.6 Å². The average Bonchev–Trinajstić information content (AvgIpc) is 3.28. The molecular weight excluding hydrogens is 531 g/mol. The van der Waals surface area contributed by atoms with Crippen molar-refractivity contribution in [2.45, 2.75) is 106 Å². The number of hydrogen-bond acceptors (Lipinski definition) is 6. The van der Waals surface area contributed by atoms with E-state index in [0.29, 0.717) is 0 Å². The van der Waals surface area contributed by atoms with Gasteiger partial charge >= 0.3 is 6.18 Å². The van der Waals surface area contributed by atoms with Gasteiger partial charge in [-0.3, -0.25) is 4.79 Å². The summed E-state index contributed by atoms with van der Waals surface area (Å²) < 4.78 is 36.3. The van der Waals surface area contributed by atoms with Crippen molar-refractivity contribution in [2.24, 2.45) is 16.8 Å². The van der Waals surface area contributed by atoms with Crippen molar-refractivity contribution < 1.29 is 18.0 Å². The molecule has 8 nitrogen and oxygen atoms in total. The Balaban J connectivity index is 0.000000646. The molecule has 1 amide bonds. The smallest absolute Gasteiger partial charge is 0.367 e. The van der Waals surface area contributed by atoms with E-state index in [-0.39, 0.29) is 24.9 Å². The van der Waals surface area contributed by atoms with Gasteiger partial charge < -0.3 is 20.9 Å². The van der Waals surface area contributed by atoms with Gasteiger partial charge in [0.25, 0.3) is 0 Å². The van der Waals surface area contributed by atoms with Crippen LogP contribution >= 0.6 is 0 Å². The Hall–Kier alpha value is -2.40. The summed E-state index contributed by atoms with van der Waals surface area (Å²) in [4.78, 5) is 20.0.